The van der Waals surface area contributed by atoms with Crippen molar-refractivity contribution in [3.05, 3.63) is 29.1 Å². The van der Waals surface area contributed by atoms with Gasteiger partial charge in [0, 0.05) is 16.5 Å². The molecule has 0 aromatic heterocycles. The first-order valence-corrected chi connectivity index (χ1v) is 5.60. The first-order chi connectivity index (χ1) is 7.95. The van der Waals surface area contributed by atoms with Crippen LogP contribution >= 0.6 is 15.9 Å². The second-order valence-electron chi connectivity index (χ2n) is 3.09. The maximum Gasteiger partial charge on any atom is 0.387 e. The van der Waals surface area contributed by atoms with Crippen molar-refractivity contribution < 1.29 is 27.8 Å². The van der Waals surface area contributed by atoms with E-state index in [4.69, 9.17) is 5.11 Å². The molecule has 1 aromatic rings. The maximum atomic E-state index is 13.4. The Kier molecular flexibility index (Phi) is 4.80. The standard InChI is InChI=1S/C10H8BrF3O3/c11-4-6-5(3-9(15)16)8(17-10(13)14)2-1-7(6)12/h1-2,10H,3-4H2,(H,15,16). The van der Waals surface area contributed by atoms with Crippen LogP contribution in [-0.4, -0.2) is 17.7 Å². The van der Waals surface area contributed by atoms with Gasteiger partial charge in [0.1, 0.15) is 11.6 Å². The van der Waals surface area contributed by atoms with Gasteiger partial charge in [0.2, 0.25) is 0 Å². The molecule has 0 atom stereocenters. The summed E-state index contributed by atoms with van der Waals surface area (Å²) in [5.41, 5.74) is -0.0831. The Hall–Kier alpha value is -1.24. The lowest BCUT2D eigenvalue weighted by atomic mass is 10.0. The zero-order valence-corrected chi connectivity index (χ0v) is 10.0. The molecular formula is C10H8BrF3O3. The Morgan fingerprint density at radius 3 is 2.53 bits per heavy atom. The molecule has 0 spiro atoms. The average molecular weight is 313 g/mol. The summed E-state index contributed by atoms with van der Waals surface area (Å²) >= 11 is 2.97. The second-order valence-corrected chi connectivity index (χ2v) is 3.65. The van der Waals surface area contributed by atoms with Crippen LogP contribution in [-0.2, 0) is 16.5 Å². The fourth-order valence-corrected chi connectivity index (χ4v) is 1.95. The number of carboxylic acids is 1. The number of ether oxygens (including phenoxy) is 1. The molecule has 94 valence electrons. The molecule has 1 N–H and O–H groups in total. The van der Waals surface area contributed by atoms with Gasteiger partial charge in [0.15, 0.2) is 0 Å². The van der Waals surface area contributed by atoms with Crippen LogP contribution in [0.5, 0.6) is 5.75 Å². The minimum atomic E-state index is -3.09. The van der Waals surface area contributed by atoms with Crippen LogP contribution in [0.3, 0.4) is 0 Å². The Morgan fingerprint density at radius 1 is 1.41 bits per heavy atom. The smallest absolute Gasteiger partial charge is 0.387 e. The van der Waals surface area contributed by atoms with Crippen LogP contribution in [0, 0.1) is 5.82 Å². The maximum absolute atomic E-state index is 13.4. The van der Waals surface area contributed by atoms with E-state index in [-0.39, 0.29) is 22.2 Å². The Morgan fingerprint density at radius 2 is 2.06 bits per heavy atom. The summed E-state index contributed by atoms with van der Waals surface area (Å²) < 4.78 is 41.7. The van der Waals surface area contributed by atoms with Crippen molar-refractivity contribution in [3.63, 3.8) is 0 Å². The number of hydrogen-bond donors (Lipinski definition) is 1. The predicted molar refractivity (Wildman–Crippen MR) is 57.0 cm³/mol. The summed E-state index contributed by atoms with van der Waals surface area (Å²) in [6.07, 6.45) is -0.583. The zero-order valence-electron chi connectivity index (χ0n) is 8.42. The molecule has 0 amide bonds. The van der Waals surface area contributed by atoms with Crippen molar-refractivity contribution in [1.82, 2.24) is 0 Å². The van der Waals surface area contributed by atoms with E-state index in [0.717, 1.165) is 12.1 Å². The SMILES string of the molecule is O=C(O)Cc1c(OC(F)F)ccc(F)c1CBr. The van der Waals surface area contributed by atoms with Crippen molar-refractivity contribution in [2.75, 3.05) is 0 Å². The number of aliphatic carboxylic acids is 1. The average Bonchev–Trinajstić information content (AvgIpc) is 2.21. The Bertz CT molecular complexity index is 424. The van der Waals surface area contributed by atoms with Gasteiger partial charge in [-0.2, -0.15) is 8.78 Å². The molecule has 0 heterocycles. The van der Waals surface area contributed by atoms with E-state index in [1.54, 1.807) is 0 Å². The van der Waals surface area contributed by atoms with E-state index < -0.39 is 24.8 Å². The highest BCUT2D eigenvalue weighted by Gasteiger charge is 2.18. The lowest BCUT2D eigenvalue weighted by Crippen LogP contribution is -2.10. The van der Waals surface area contributed by atoms with Crippen molar-refractivity contribution in [2.45, 2.75) is 18.4 Å². The number of halogens is 4. The summed E-state index contributed by atoms with van der Waals surface area (Å²) in [5.74, 6) is -2.24. The third-order valence-corrected chi connectivity index (χ3v) is 2.57. The fourth-order valence-electron chi connectivity index (χ4n) is 1.34. The molecule has 0 saturated carbocycles. The zero-order chi connectivity index (χ0) is 13.0. The lowest BCUT2D eigenvalue weighted by Gasteiger charge is -2.13. The first kappa shape index (κ1) is 13.8. The molecular weight excluding hydrogens is 305 g/mol. The summed E-state index contributed by atoms with van der Waals surface area (Å²) in [6.45, 7) is -3.09. The molecule has 0 aliphatic carbocycles. The summed E-state index contributed by atoms with van der Waals surface area (Å²) in [4.78, 5) is 10.6. The predicted octanol–water partition coefficient (Wildman–Crippen LogP) is 2.95. The topological polar surface area (TPSA) is 46.5 Å². The largest absolute Gasteiger partial charge is 0.481 e. The molecule has 0 radical (unpaired) electrons. The van der Waals surface area contributed by atoms with E-state index in [9.17, 15) is 18.0 Å². The molecule has 0 fully saturated rings. The van der Waals surface area contributed by atoms with Crippen LogP contribution < -0.4 is 4.74 Å². The van der Waals surface area contributed by atoms with Gasteiger partial charge < -0.3 is 9.84 Å². The van der Waals surface area contributed by atoms with Crippen LogP contribution in [0.4, 0.5) is 13.2 Å². The second kappa shape index (κ2) is 5.90. The van der Waals surface area contributed by atoms with Crippen LogP contribution in [0.15, 0.2) is 12.1 Å². The minimum absolute atomic E-state index is 0.00514. The normalized spacial score (nSPS) is 10.6. The van der Waals surface area contributed by atoms with Crippen LogP contribution in [0.1, 0.15) is 11.1 Å². The number of rotatable bonds is 5. The summed E-state index contributed by atoms with van der Waals surface area (Å²) in [5, 5.41) is 8.67. The van der Waals surface area contributed by atoms with Crippen LogP contribution in [0.25, 0.3) is 0 Å². The highest BCUT2D eigenvalue weighted by Crippen LogP contribution is 2.28. The van der Waals surface area contributed by atoms with Crippen molar-refractivity contribution in [2.24, 2.45) is 0 Å². The van der Waals surface area contributed by atoms with Gasteiger partial charge in [0.05, 0.1) is 6.42 Å². The van der Waals surface area contributed by atoms with Gasteiger partial charge in [-0.05, 0) is 12.1 Å². The summed E-state index contributed by atoms with van der Waals surface area (Å²) in [6, 6.07) is 1.95. The summed E-state index contributed by atoms with van der Waals surface area (Å²) in [7, 11) is 0. The molecule has 0 saturated heterocycles. The van der Waals surface area contributed by atoms with Crippen LogP contribution in [0.2, 0.25) is 0 Å². The molecule has 17 heavy (non-hydrogen) atoms. The van der Waals surface area contributed by atoms with Crippen molar-refractivity contribution >= 4 is 21.9 Å². The van der Waals surface area contributed by atoms with Gasteiger partial charge in [-0.1, -0.05) is 15.9 Å². The molecule has 0 bridgehead atoms. The van der Waals surface area contributed by atoms with Gasteiger partial charge in [0.25, 0.3) is 0 Å². The molecule has 1 aromatic carbocycles. The van der Waals surface area contributed by atoms with E-state index in [1.807, 2.05) is 0 Å². The molecule has 1 rings (SSSR count). The number of hydrogen-bond acceptors (Lipinski definition) is 2. The molecule has 0 aliphatic rings. The van der Waals surface area contributed by atoms with E-state index in [1.165, 1.54) is 0 Å². The van der Waals surface area contributed by atoms with E-state index in [0.29, 0.717) is 0 Å². The van der Waals surface area contributed by atoms with Gasteiger partial charge in [-0.15, -0.1) is 0 Å². The molecule has 3 nitrogen and oxygen atoms in total. The quantitative estimate of drug-likeness (QED) is 0.850. The third-order valence-electron chi connectivity index (χ3n) is 2.01. The fraction of sp³-hybridized carbons (Fsp3) is 0.300. The number of carboxylic acid groups (broad SMARTS) is 1. The Labute approximate surface area is 103 Å². The molecule has 0 aliphatic heterocycles. The Balaban J connectivity index is 3.23. The third kappa shape index (κ3) is 3.62. The molecule has 7 heteroatoms. The monoisotopic (exact) mass is 312 g/mol. The first-order valence-electron chi connectivity index (χ1n) is 4.48. The minimum Gasteiger partial charge on any atom is -0.481 e. The van der Waals surface area contributed by atoms with Crippen molar-refractivity contribution in [3.8, 4) is 5.75 Å². The molecule has 0 unspecified atom stereocenters. The number of carbonyl (C=O) groups is 1. The van der Waals surface area contributed by atoms with Gasteiger partial charge in [-0.25, -0.2) is 4.39 Å². The van der Waals surface area contributed by atoms with E-state index >= 15 is 0 Å². The number of alkyl halides is 3. The van der Waals surface area contributed by atoms with Gasteiger partial charge >= 0.3 is 12.6 Å². The van der Waals surface area contributed by atoms with E-state index in [2.05, 4.69) is 20.7 Å². The lowest BCUT2D eigenvalue weighted by molar-refractivity contribution is -0.136. The number of benzene rings is 1. The van der Waals surface area contributed by atoms with Gasteiger partial charge in [-0.3, -0.25) is 4.79 Å². The van der Waals surface area contributed by atoms with Crippen molar-refractivity contribution in [1.29, 1.82) is 0 Å². The highest BCUT2D eigenvalue weighted by molar-refractivity contribution is 9.08. The highest BCUT2D eigenvalue weighted by atomic mass is 79.9.